The molecule has 220 valence electrons. The zero-order chi connectivity index (χ0) is 29.6. The minimum absolute atomic E-state index is 0.172. The first-order chi connectivity index (χ1) is 19.5. The number of hydrogen-bond donors (Lipinski definition) is 0. The fourth-order valence-electron chi connectivity index (χ4n) is 5.29. The maximum Gasteiger partial charge on any atom is 0.434 e. The molecule has 1 unspecified atom stereocenters. The summed E-state index contributed by atoms with van der Waals surface area (Å²) in [6.07, 6.45) is 5.64. The maximum absolute atomic E-state index is 14.3. The minimum Gasteiger partial charge on any atom is -0.485 e. The quantitative estimate of drug-likeness (QED) is 0.281. The van der Waals surface area contributed by atoms with E-state index in [1.54, 1.807) is 18.3 Å². The fraction of sp³-hybridized carbons (Fsp3) is 0.467. The van der Waals surface area contributed by atoms with E-state index in [1.807, 2.05) is 6.07 Å². The summed E-state index contributed by atoms with van der Waals surface area (Å²) in [6, 6.07) is 6.40. The third kappa shape index (κ3) is 7.45. The highest BCUT2D eigenvalue weighted by atomic mass is 19.4. The number of rotatable bonds is 2. The molecule has 0 radical (unpaired) electrons. The van der Waals surface area contributed by atoms with Gasteiger partial charge in [-0.15, -0.1) is 0 Å². The molecule has 11 heteroatoms. The third-order valence-corrected chi connectivity index (χ3v) is 7.89. The molecule has 3 aliphatic rings. The molecule has 0 saturated carbocycles. The molecule has 2 fully saturated rings. The lowest BCUT2D eigenvalue weighted by Gasteiger charge is -2.40. The Kier molecular flexibility index (Phi) is 9.70. The third-order valence-electron chi connectivity index (χ3n) is 7.89. The van der Waals surface area contributed by atoms with Crippen molar-refractivity contribution in [3.05, 3.63) is 71.7 Å². The summed E-state index contributed by atoms with van der Waals surface area (Å²) in [5, 5.41) is 0. The Morgan fingerprint density at radius 2 is 1.66 bits per heavy atom. The molecule has 41 heavy (non-hydrogen) atoms. The molecule has 7 nitrogen and oxygen atoms in total. The smallest absolute Gasteiger partial charge is 0.434 e. The van der Waals surface area contributed by atoms with Crippen LogP contribution in [0.1, 0.15) is 60.1 Å². The molecule has 3 aromatic rings. The second-order valence-corrected chi connectivity index (χ2v) is 10.8. The Morgan fingerprint density at radius 3 is 2.17 bits per heavy atom. The van der Waals surface area contributed by atoms with Gasteiger partial charge in [0, 0.05) is 60.9 Å². The second kappa shape index (κ2) is 13.0. The Morgan fingerprint density at radius 1 is 0.976 bits per heavy atom. The van der Waals surface area contributed by atoms with Gasteiger partial charge in [-0.25, -0.2) is 9.37 Å². The number of nitrogens with zero attached hydrogens (tertiary/aromatic N) is 5. The van der Waals surface area contributed by atoms with Crippen LogP contribution in [0.25, 0.3) is 11.3 Å². The number of carbonyl (C=O) groups is 1. The average Bonchev–Trinajstić information content (AvgIpc) is 3.55. The van der Waals surface area contributed by atoms with E-state index in [4.69, 9.17) is 4.74 Å². The Labute approximate surface area is 237 Å². The van der Waals surface area contributed by atoms with Gasteiger partial charge in [-0.2, -0.15) is 13.2 Å². The number of pyridine rings is 1. The van der Waals surface area contributed by atoms with Crippen molar-refractivity contribution in [1.82, 2.24) is 24.8 Å². The van der Waals surface area contributed by atoms with Crippen molar-refractivity contribution in [3.8, 4) is 17.0 Å². The number of halogens is 4. The van der Waals surface area contributed by atoms with Crippen molar-refractivity contribution in [1.29, 1.82) is 0 Å². The standard InChI is InChI=1S/C20H21FN2O2.C5H3F3N2.C5H11N/c1-13-16-10-18(15-4-3-14(12-24)9-17(15)21)22-11-19(16)25-20(13)5-7-23(2)8-6-20;6-5(7,8)4-3-9-1-2-10-4;1-6-4-2-3-5-6/h3-4,9-13H,5-8H2,1-2H3;1-3H;2-5H2,1H3. The van der Waals surface area contributed by atoms with Crippen LogP contribution in [0.4, 0.5) is 17.6 Å². The van der Waals surface area contributed by atoms with Gasteiger partial charge >= 0.3 is 6.18 Å². The summed E-state index contributed by atoms with van der Waals surface area (Å²) in [5.41, 5.74) is 1.27. The van der Waals surface area contributed by atoms with Crippen molar-refractivity contribution in [2.45, 2.75) is 50.3 Å². The van der Waals surface area contributed by atoms with Crippen LogP contribution >= 0.6 is 0 Å². The number of fused-ring (bicyclic) bond motifs is 1. The number of benzene rings is 1. The largest absolute Gasteiger partial charge is 0.485 e. The van der Waals surface area contributed by atoms with Crippen LogP contribution < -0.4 is 4.74 Å². The first-order valence-electron chi connectivity index (χ1n) is 13.7. The maximum atomic E-state index is 14.3. The lowest BCUT2D eigenvalue weighted by Crippen LogP contribution is -2.47. The number of aldehydes is 1. The van der Waals surface area contributed by atoms with E-state index in [0.29, 0.717) is 29.3 Å². The van der Waals surface area contributed by atoms with Crippen LogP contribution in [0.15, 0.2) is 49.1 Å². The van der Waals surface area contributed by atoms with Gasteiger partial charge in [0.05, 0.1) is 18.1 Å². The van der Waals surface area contributed by atoms with Crippen molar-refractivity contribution in [3.63, 3.8) is 0 Å². The summed E-state index contributed by atoms with van der Waals surface area (Å²) in [4.78, 5) is 26.2. The number of likely N-dealkylation sites (tertiary alicyclic amines) is 2. The van der Waals surface area contributed by atoms with Crippen LogP contribution in [-0.4, -0.2) is 76.9 Å². The molecule has 5 heterocycles. The average molecular weight is 574 g/mol. The van der Waals surface area contributed by atoms with Gasteiger partial charge < -0.3 is 14.5 Å². The Hall–Kier alpha value is -3.44. The summed E-state index contributed by atoms with van der Waals surface area (Å²) in [5.74, 6) is 0.624. The van der Waals surface area contributed by atoms with Gasteiger partial charge in [-0.3, -0.25) is 14.8 Å². The topological polar surface area (TPSA) is 71.5 Å². The SMILES string of the molecule is CC1c2cc(-c3ccc(C=O)cc3F)ncc2OC12CCN(C)CC2.CN1CCCC1.FC(F)(F)c1cnccn1. The van der Waals surface area contributed by atoms with E-state index in [9.17, 15) is 22.4 Å². The molecule has 2 saturated heterocycles. The normalized spacial score (nSPS) is 19.8. The van der Waals surface area contributed by atoms with E-state index in [1.165, 1.54) is 38.2 Å². The van der Waals surface area contributed by atoms with Gasteiger partial charge in [-0.05, 0) is 58.2 Å². The molecule has 2 aromatic heterocycles. The van der Waals surface area contributed by atoms with Crippen LogP contribution in [-0.2, 0) is 6.18 Å². The molecule has 1 atom stereocenters. The summed E-state index contributed by atoms with van der Waals surface area (Å²) in [7, 11) is 4.30. The first kappa shape index (κ1) is 30.5. The van der Waals surface area contributed by atoms with Gasteiger partial charge in [0.15, 0.2) is 5.69 Å². The molecule has 0 N–H and O–H groups in total. The number of ether oxygens (including phenoxy) is 1. The summed E-state index contributed by atoms with van der Waals surface area (Å²) >= 11 is 0. The second-order valence-electron chi connectivity index (χ2n) is 10.8. The van der Waals surface area contributed by atoms with Crippen LogP contribution in [0, 0.1) is 5.82 Å². The highest BCUT2D eigenvalue weighted by Gasteiger charge is 2.47. The van der Waals surface area contributed by atoms with Crippen LogP contribution in [0.5, 0.6) is 5.75 Å². The van der Waals surface area contributed by atoms with Crippen molar-refractivity contribution < 1.29 is 27.1 Å². The lowest BCUT2D eigenvalue weighted by atomic mass is 9.79. The Bertz CT molecular complexity index is 1310. The van der Waals surface area contributed by atoms with Crippen LogP contribution in [0.3, 0.4) is 0 Å². The molecule has 6 rings (SSSR count). The molecule has 0 aliphatic carbocycles. The van der Waals surface area contributed by atoms with E-state index in [-0.39, 0.29) is 11.5 Å². The Balaban J connectivity index is 0.000000197. The predicted octanol–water partition coefficient (Wildman–Crippen LogP) is 5.87. The molecule has 1 aromatic carbocycles. The van der Waals surface area contributed by atoms with Crippen molar-refractivity contribution in [2.75, 3.05) is 40.3 Å². The molecule has 3 aliphatic heterocycles. The van der Waals surface area contributed by atoms with E-state index in [2.05, 4.69) is 45.8 Å². The minimum atomic E-state index is -4.38. The molecular weight excluding hydrogens is 538 g/mol. The van der Waals surface area contributed by atoms with Crippen LogP contribution in [0.2, 0.25) is 0 Å². The molecule has 0 amide bonds. The molecular formula is C30H35F4N5O2. The van der Waals surface area contributed by atoms with Gasteiger partial charge in [0.25, 0.3) is 0 Å². The van der Waals surface area contributed by atoms with E-state index >= 15 is 0 Å². The number of piperidine rings is 1. The number of hydrogen-bond acceptors (Lipinski definition) is 7. The number of alkyl halides is 3. The highest BCUT2D eigenvalue weighted by Crippen LogP contribution is 2.49. The first-order valence-corrected chi connectivity index (χ1v) is 13.7. The zero-order valence-electron chi connectivity index (χ0n) is 23.5. The van der Waals surface area contributed by atoms with Crippen molar-refractivity contribution in [2.24, 2.45) is 0 Å². The highest BCUT2D eigenvalue weighted by molar-refractivity contribution is 5.77. The van der Waals surface area contributed by atoms with Gasteiger partial charge in [-0.1, -0.05) is 13.0 Å². The fourth-order valence-corrected chi connectivity index (χ4v) is 5.29. The molecule has 1 spiro atoms. The summed E-state index contributed by atoms with van der Waals surface area (Å²) < 4.78 is 55.7. The van der Waals surface area contributed by atoms with E-state index in [0.717, 1.165) is 43.4 Å². The number of carbonyl (C=O) groups excluding carboxylic acids is 1. The summed E-state index contributed by atoms with van der Waals surface area (Å²) in [6.45, 7) is 6.85. The van der Waals surface area contributed by atoms with E-state index < -0.39 is 17.7 Å². The van der Waals surface area contributed by atoms with Crippen molar-refractivity contribution >= 4 is 6.29 Å². The lowest BCUT2D eigenvalue weighted by molar-refractivity contribution is -0.141. The monoisotopic (exact) mass is 573 g/mol. The molecule has 0 bridgehead atoms. The van der Waals surface area contributed by atoms with Gasteiger partial charge in [0.1, 0.15) is 23.5 Å². The number of aromatic nitrogens is 3. The zero-order valence-corrected chi connectivity index (χ0v) is 23.5. The van der Waals surface area contributed by atoms with Gasteiger partial charge in [0.2, 0.25) is 0 Å². The predicted molar refractivity (Wildman–Crippen MR) is 147 cm³/mol.